The number of piperidine rings is 1. The van der Waals surface area contributed by atoms with E-state index in [4.69, 9.17) is 22.1 Å². The third-order valence-electron chi connectivity index (χ3n) is 3.56. The predicted molar refractivity (Wildman–Crippen MR) is 82.3 cm³/mol. The van der Waals surface area contributed by atoms with E-state index < -0.39 is 0 Å². The Bertz CT molecular complexity index is 401. The second-order valence-electron chi connectivity index (χ2n) is 4.95. The summed E-state index contributed by atoms with van der Waals surface area (Å²) in [7, 11) is 1.64. The third kappa shape index (κ3) is 4.53. The highest BCUT2D eigenvalue weighted by molar-refractivity contribution is 6.32. The van der Waals surface area contributed by atoms with Crippen LogP contribution in [0.2, 0.25) is 5.02 Å². The molecule has 0 aliphatic carbocycles. The lowest BCUT2D eigenvalue weighted by atomic mass is 9.98. The largest absolute Gasteiger partial charge is 0.495 e. The highest BCUT2D eigenvalue weighted by atomic mass is 35.5. The van der Waals surface area contributed by atoms with E-state index in [2.05, 4.69) is 11.0 Å². The minimum Gasteiger partial charge on any atom is -0.495 e. The Morgan fingerprint density at radius 3 is 2.89 bits per heavy atom. The highest BCUT2D eigenvalue weighted by Crippen LogP contribution is 2.26. The van der Waals surface area contributed by atoms with Gasteiger partial charge in [0.15, 0.2) is 0 Å². The van der Waals surface area contributed by atoms with E-state index in [1.807, 2.05) is 12.1 Å². The number of hydrogen-bond acceptors (Lipinski definition) is 3. The highest BCUT2D eigenvalue weighted by Gasteiger charge is 2.18. The quantitative estimate of drug-likeness (QED) is 0.929. The number of methoxy groups -OCH3 is 1. The molecule has 1 aliphatic heterocycles. The Balaban J connectivity index is 0.00000180. The second-order valence-corrected chi connectivity index (χ2v) is 5.36. The minimum atomic E-state index is 0. The van der Waals surface area contributed by atoms with E-state index in [0.717, 1.165) is 31.9 Å². The van der Waals surface area contributed by atoms with Gasteiger partial charge in [-0.3, -0.25) is 4.90 Å². The van der Waals surface area contributed by atoms with Gasteiger partial charge in [0.1, 0.15) is 5.75 Å². The van der Waals surface area contributed by atoms with Crippen LogP contribution in [0.15, 0.2) is 18.2 Å². The van der Waals surface area contributed by atoms with Crippen molar-refractivity contribution in [2.45, 2.75) is 19.4 Å². The van der Waals surface area contributed by atoms with Gasteiger partial charge < -0.3 is 10.5 Å². The van der Waals surface area contributed by atoms with Crippen LogP contribution in [0.1, 0.15) is 18.4 Å². The van der Waals surface area contributed by atoms with Crippen LogP contribution >= 0.6 is 24.0 Å². The molecule has 0 amide bonds. The lowest BCUT2D eigenvalue weighted by Crippen LogP contribution is -2.37. The summed E-state index contributed by atoms with van der Waals surface area (Å²) in [5, 5.41) is 0.683. The van der Waals surface area contributed by atoms with Crippen molar-refractivity contribution in [1.82, 2.24) is 4.90 Å². The number of likely N-dealkylation sites (tertiary alicyclic amines) is 1. The summed E-state index contributed by atoms with van der Waals surface area (Å²) < 4.78 is 5.16. The fraction of sp³-hybridized carbons (Fsp3) is 0.571. The zero-order valence-corrected chi connectivity index (χ0v) is 12.8. The summed E-state index contributed by atoms with van der Waals surface area (Å²) >= 11 is 6.14. The van der Waals surface area contributed by atoms with Gasteiger partial charge in [-0.2, -0.15) is 0 Å². The van der Waals surface area contributed by atoms with Gasteiger partial charge in [-0.05, 0) is 49.5 Å². The first-order chi connectivity index (χ1) is 8.72. The summed E-state index contributed by atoms with van der Waals surface area (Å²) in [6.07, 6.45) is 2.50. The van der Waals surface area contributed by atoms with Crippen molar-refractivity contribution in [3.05, 3.63) is 28.8 Å². The Labute approximate surface area is 126 Å². The van der Waals surface area contributed by atoms with Gasteiger partial charge in [0.05, 0.1) is 12.1 Å². The molecule has 3 nitrogen and oxygen atoms in total. The first-order valence-corrected chi connectivity index (χ1v) is 6.85. The normalized spacial score (nSPS) is 19.8. The van der Waals surface area contributed by atoms with Crippen molar-refractivity contribution in [2.24, 2.45) is 11.7 Å². The van der Waals surface area contributed by atoms with Crippen molar-refractivity contribution in [3.63, 3.8) is 0 Å². The zero-order valence-electron chi connectivity index (χ0n) is 11.3. The zero-order chi connectivity index (χ0) is 13.0. The van der Waals surface area contributed by atoms with Crippen LogP contribution in [0, 0.1) is 5.92 Å². The van der Waals surface area contributed by atoms with Gasteiger partial charge in [-0.1, -0.05) is 17.7 Å². The molecule has 0 aromatic heterocycles. The average Bonchev–Trinajstić information content (AvgIpc) is 2.39. The smallest absolute Gasteiger partial charge is 0.137 e. The Kier molecular flexibility index (Phi) is 6.94. The van der Waals surface area contributed by atoms with E-state index in [1.54, 1.807) is 7.11 Å². The molecule has 1 fully saturated rings. The molecule has 1 unspecified atom stereocenters. The first-order valence-electron chi connectivity index (χ1n) is 6.47. The number of hydrogen-bond donors (Lipinski definition) is 1. The van der Waals surface area contributed by atoms with Crippen LogP contribution in [0.5, 0.6) is 5.75 Å². The molecule has 2 rings (SSSR count). The number of nitrogens with two attached hydrogens (primary N) is 1. The molecule has 108 valence electrons. The monoisotopic (exact) mass is 304 g/mol. The van der Waals surface area contributed by atoms with Crippen molar-refractivity contribution in [3.8, 4) is 5.75 Å². The topological polar surface area (TPSA) is 38.5 Å². The molecule has 0 spiro atoms. The van der Waals surface area contributed by atoms with E-state index in [9.17, 15) is 0 Å². The van der Waals surface area contributed by atoms with Gasteiger partial charge in [-0.25, -0.2) is 0 Å². The van der Waals surface area contributed by atoms with Crippen LogP contribution in [0.25, 0.3) is 0 Å². The first kappa shape index (κ1) is 16.6. The van der Waals surface area contributed by atoms with Crippen LogP contribution in [-0.4, -0.2) is 31.6 Å². The van der Waals surface area contributed by atoms with Crippen molar-refractivity contribution in [1.29, 1.82) is 0 Å². The molecule has 0 saturated carbocycles. The Morgan fingerprint density at radius 2 is 2.26 bits per heavy atom. The van der Waals surface area contributed by atoms with Crippen LogP contribution < -0.4 is 10.5 Å². The number of halogens is 2. The van der Waals surface area contributed by atoms with Crippen molar-refractivity contribution < 1.29 is 4.74 Å². The minimum absolute atomic E-state index is 0. The van der Waals surface area contributed by atoms with Crippen LogP contribution in [0.3, 0.4) is 0 Å². The second kappa shape index (κ2) is 7.95. The molecule has 1 atom stereocenters. The average molecular weight is 305 g/mol. The molecule has 0 bridgehead atoms. The van der Waals surface area contributed by atoms with Gasteiger partial charge in [0, 0.05) is 13.1 Å². The van der Waals surface area contributed by atoms with Gasteiger partial charge in [0.25, 0.3) is 0 Å². The van der Waals surface area contributed by atoms with E-state index >= 15 is 0 Å². The predicted octanol–water partition coefficient (Wildman–Crippen LogP) is 2.94. The number of ether oxygens (including phenoxy) is 1. The third-order valence-corrected chi connectivity index (χ3v) is 3.85. The fourth-order valence-electron chi connectivity index (χ4n) is 2.55. The van der Waals surface area contributed by atoms with Crippen LogP contribution in [0.4, 0.5) is 0 Å². The van der Waals surface area contributed by atoms with Crippen LogP contribution in [-0.2, 0) is 6.54 Å². The maximum atomic E-state index is 6.14. The molecular formula is C14H22Cl2N2O. The Morgan fingerprint density at radius 1 is 1.47 bits per heavy atom. The van der Waals surface area contributed by atoms with E-state index in [-0.39, 0.29) is 12.4 Å². The molecule has 1 aromatic rings. The molecule has 1 saturated heterocycles. The SMILES string of the molecule is COc1ccc(CN2CCCC(CN)C2)cc1Cl.Cl. The molecular weight excluding hydrogens is 283 g/mol. The molecule has 19 heavy (non-hydrogen) atoms. The lowest BCUT2D eigenvalue weighted by molar-refractivity contribution is 0.171. The van der Waals surface area contributed by atoms with Gasteiger partial charge >= 0.3 is 0 Å². The number of benzene rings is 1. The molecule has 5 heteroatoms. The van der Waals surface area contributed by atoms with Crippen molar-refractivity contribution >= 4 is 24.0 Å². The fourth-order valence-corrected chi connectivity index (χ4v) is 2.83. The Hall–Kier alpha value is -0.480. The molecule has 0 radical (unpaired) electrons. The summed E-state index contributed by atoms with van der Waals surface area (Å²) in [4.78, 5) is 2.46. The molecule has 1 aliphatic rings. The summed E-state index contributed by atoms with van der Waals surface area (Å²) in [6, 6.07) is 6.01. The molecule has 1 heterocycles. The van der Waals surface area contributed by atoms with Gasteiger partial charge in [0.2, 0.25) is 0 Å². The summed E-state index contributed by atoms with van der Waals surface area (Å²) in [5.41, 5.74) is 6.99. The van der Waals surface area contributed by atoms with E-state index in [1.165, 1.54) is 18.4 Å². The van der Waals surface area contributed by atoms with Crippen molar-refractivity contribution in [2.75, 3.05) is 26.7 Å². The maximum Gasteiger partial charge on any atom is 0.137 e. The maximum absolute atomic E-state index is 6.14. The summed E-state index contributed by atoms with van der Waals surface area (Å²) in [6.45, 7) is 3.99. The molecule has 1 aromatic carbocycles. The number of nitrogens with zero attached hydrogens (tertiary/aromatic N) is 1. The lowest BCUT2D eigenvalue weighted by Gasteiger charge is -2.32. The van der Waals surface area contributed by atoms with Gasteiger partial charge in [-0.15, -0.1) is 12.4 Å². The standard InChI is InChI=1S/C14H21ClN2O.ClH/c1-18-14-5-4-11(7-13(14)15)9-17-6-2-3-12(8-16)10-17;/h4-5,7,12H,2-3,6,8-10,16H2,1H3;1H. The number of rotatable bonds is 4. The summed E-state index contributed by atoms with van der Waals surface area (Å²) in [5.74, 6) is 1.38. The van der Waals surface area contributed by atoms with E-state index in [0.29, 0.717) is 10.9 Å². The molecule has 2 N–H and O–H groups in total.